The van der Waals surface area contributed by atoms with E-state index in [1.165, 1.54) is 6.42 Å². The molecule has 24 heavy (non-hydrogen) atoms. The Morgan fingerprint density at radius 1 is 1.12 bits per heavy atom. The molecule has 6 heteroatoms. The summed E-state index contributed by atoms with van der Waals surface area (Å²) in [6.45, 7) is 2.03. The van der Waals surface area contributed by atoms with Gasteiger partial charge in [0.05, 0.1) is 6.61 Å². The molecule has 0 heterocycles. The number of rotatable bonds is 6. The summed E-state index contributed by atoms with van der Waals surface area (Å²) in [7, 11) is 0. The number of alkyl carbamates (subject to hydrolysis) is 1. The molecule has 132 valence electrons. The molecule has 0 aliphatic heterocycles. The number of ether oxygens (including phenoxy) is 1. The fraction of sp³-hybridized carbons (Fsp3) is 0.556. The Hall–Kier alpha value is -2.24. The lowest BCUT2D eigenvalue weighted by Gasteiger charge is -2.25. The first-order valence-corrected chi connectivity index (χ1v) is 8.71. The first kappa shape index (κ1) is 18.1. The zero-order valence-corrected chi connectivity index (χ0v) is 14.2. The van der Waals surface area contributed by atoms with E-state index in [0.717, 1.165) is 31.2 Å². The minimum Gasteiger partial charge on any atom is -0.450 e. The normalized spacial score (nSPS) is 16.0. The molecule has 1 aliphatic carbocycles. The largest absolute Gasteiger partial charge is 0.450 e. The molecule has 1 aromatic rings. The van der Waals surface area contributed by atoms with Gasteiger partial charge in [0, 0.05) is 12.5 Å². The van der Waals surface area contributed by atoms with Crippen molar-refractivity contribution in [3.05, 3.63) is 35.9 Å². The van der Waals surface area contributed by atoms with E-state index in [0.29, 0.717) is 6.42 Å². The van der Waals surface area contributed by atoms with Crippen LogP contribution in [-0.4, -0.2) is 30.9 Å². The molecule has 0 bridgehead atoms. The number of carbonyl (C=O) groups is 2. The molecule has 1 saturated carbocycles. The van der Waals surface area contributed by atoms with E-state index < -0.39 is 12.3 Å². The van der Waals surface area contributed by atoms with Crippen LogP contribution in [0.5, 0.6) is 0 Å². The Bertz CT molecular complexity index is 516. The first-order chi connectivity index (χ1) is 11.7. The molecule has 3 amide bonds. The van der Waals surface area contributed by atoms with Crippen molar-refractivity contribution in [3.8, 4) is 0 Å². The minimum absolute atomic E-state index is 0.221. The van der Waals surface area contributed by atoms with Crippen molar-refractivity contribution in [1.82, 2.24) is 16.0 Å². The van der Waals surface area contributed by atoms with Crippen molar-refractivity contribution >= 4 is 12.1 Å². The highest BCUT2D eigenvalue weighted by Gasteiger charge is 2.19. The predicted molar refractivity (Wildman–Crippen MR) is 92.6 cm³/mol. The summed E-state index contributed by atoms with van der Waals surface area (Å²) in [6, 6.07) is 9.68. The number of carbonyl (C=O) groups excluding carboxylic acids is 2. The van der Waals surface area contributed by atoms with Crippen LogP contribution in [0.25, 0.3) is 0 Å². The Labute approximate surface area is 143 Å². The highest BCUT2D eigenvalue weighted by Crippen LogP contribution is 2.17. The van der Waals surface area contributed by atoms with Crippen LogP contribution < -0.4 is 16.0 Å². The summed E-state index contributed by atoms with van der Waals surface area (Å²) in [5.41, 5.74) is 1.03. The molecule has 0 spiro atoms. The van der Waals surface area contributed by atoms with E-state index in [1.807, 2.05) is 30.3 Å². The SMILES string of the molecule is CCOC(=O)N[C@@H](Cc1ccccc1)NC(=O)NC1CCCCC1. The zero-order valence-electron chi connectivity index (χ0n) is 14.2. The van der Waals surface area contributed by atoms with Gasteiger partial charge in [0.15, 0.2) is 0 Å². The monoisotopic (exact) mass is 333 g/mol. The predicted octanol–water partition coefficient (Wildman–Crippen LogP) is 2.93. The van der Waals surface area contributed by atoms with Crippen molar-refractivity contribution in [1.29, 1.82) is 0 Å². The molecule has 0 radical (unpaired) electrons. The fourth-order valence-electron chi connectivity index (χ4n) is 2.94. The van der Waals surface area contributed by atoms with Gasteiger partial charge in [0.2, 0.25) is 0 Å². The third-order valence-electron chi connectivity index (χ3n) is 4.10. The van der Waals surface area contributed by atoms with Crippen LogP contribution in [0, 0.1) is 0 Å². The quantitative estimate of drug-likeness (QED) is 0.700. The van der Waals surface area contributed by atoms with Crippen LogP contribution in [0.15, 0.2) is 30.3 Å². The molecule has 3 N–H and O–H groups in total. The molecule has 2 rings (SSSR count). The maximum absolute atomic E-state index is 12.2. The molecular weight excluding hydrogens is 306 g/mol. The molecule has 6 nitrogen and oxygen atoms in total. The van der Waals surface area contributed by atoms with Crippen LogP contribution in [0.2, 0.25) is 0 Å². The summed E-state index contributed by atoms with van der Waals surface area (Å²) in [5.74, 6) is 0. The van der Waals surface area contributed by atoms with Gasteiger partial charge in [0.25, 0.3) is 0 Å². The summed E-state index contributed by atoms with van der Waals surface area (Å²) in [4.78, 5) is 23.9. The molecule has 0 aromatic heterocycles. The Morgan fingerprint density at radius 2 is 1.83 bits per heavy atom. The second-order valence-corrected chi connectivity index (χ2v) is 6.06. The van der Waals surface area contributed by atoms with E-state index in [1.54, 1.807) is 6.92 Å². The Morgan fingerprint density at radius 3 is 2.50 bits per heavy atom. The number of benzene rings is 1. The number of amides is 3. The highest BCUT2D eigenvalue weighted by molar-refractivity contribution is 5.75. The van der Waals surface area contributed by atoms with Crippen LogP contribution in [0.1, 0.15) is 44.6 Å². The standard InChI is InChI=1S/C18H27N3O3/c1-2-24-18(23)21-16(13-14-9-5-3-6-10-14)20-17(22)19-15-11-7-4-8-12-15/h3,5-6,9-10,15-16H,2,4,7-8,11-13H2,1H3,(H,21,23)(H2,19,20,22)/t16-/m0/s1. The molecule has 1 aromatic carbocycles. The topological polar surface area (TPSA) is 79.5 Å². The molecule has 0 unspecified atom stereocenters. The van der Waals surface area contributed by atoms with Crippen molar-refractivity contribution < 1.29 is 14.3 Å². The van der Waals surface area contributed by atoms with Gasteiger partial charge in [-0.25, -0.2) is 9.59 Å². The van der Waals surface area contributed by atoms with Crippen molar-refractivity contribution in [3.63, 3.8) is 0 Å². The van der Waals surface area contributed by atoms with Gasteiger partial charge < -0.3 is 20.7 Å². The lowest BCUT2D eigenvalue weighted by atomic mass is 9.96. The molecule has 1 atom stereocenters. The number of urea groups is 1. The Balaban J connectivity index is 1.90. The van der Waals surface area contributed by atoms with E-state index in [4.69, 9.17) is 4.74 Å². The second kappa shape index (κ2) is 9.80. The summed E-state index contributed by atoms with van der Waals surface area (Å²) in [6.07, 6.45) is 5.02. The van der Waals surface area contributed by atoms with Gasteiger partial charge in [-0.05, 0) is 25.3 Å². The molecule has 1 aliphatic rings. The Kier molecular flexibility index (Phi) is 7.39. The van der Waals surface area contributed by atoms with Crippen LogP contribution in [0.3, 0.4) is 0 Å². The number of nitrogens with one attached hydrogen (secondary N) is 3. The minimum atomic E-state index is -0.531. The van der Waals surface area contributed by atoms with Crippen molar-refractivity contribution in [2.24, 2.45) is 0 Å². The third-order valence-corrected chi connectivity index (χ3v) is 4.10. The van der Waals surface area contributed by atoms with Gasteiger partial charge in [0.1, 0.15) is 6.17 Å². The van der Waals surface area contributed by atoms with Crippen LogP contribution >= 0.6 is 0 Å². The third kappa shape index (κ3) is 6.48. The molecule has 1 fully saturated rings. The highest BCUT2D eigenvalue weighted by atomic mass is 16.5. The van der Waals surface area contributed by atoms with Crippen LogP contribution in [-0.2, 0) is 11.2 Å². The summed E-state index contributed by atoms with van der Waals surface area (Å²) in [5, 5.41) is 8.54. The van der Waals surface area contributed by atoms with Crippen molar-refractivity contribution in [2.45, 2.75) is 57.7 Å². The van der Waals surface area contributed by atoms with E-state index in [2.05, 4.69) is 16.0 Å². The number of hydrogen-bond acceptors (Lipinski definition) is 3. The average Bonchev–Trinajstić information content (AvgIpc) is 2.56. The lowest BCUT2D eigenvalue weighted by molar-refractivity contribution is 0.146. The fourth-order valence-corrected chi connectivity index (χ4v) is 2.94. The van der Waals surface area contributed by atoms with Gasteiger partial charge in [-0.2, -0.15) is 0 Å². The van der Waals surface area contributed by atoms with Gasteiger partial charge in [-0.15, -0.1) is 0 Å². The van der Waals surface area contributed by atoms with Gasteiger partial charge in [-0.3, -0.25) is 0 Å². The second-order valence-electron chi connectivity index (χ2n) is 6.06. The lowest BCUT2D eigenvalue weighted by Crippen LogP contribution is -2.54. The van der Waals surface area contributed by atoms with E-state index >= 15 is 0 Å². The van der Waals surface area contributed by atoms with Crippen LogP contribution in [0.4, 0.5) is 9.59 Å². The van der Waals surface area contributed by atoms with Gasteiger partial charge >= 0.3 is 12.1 Å². The maximum atomic E-state index is 12.2. The first-order valence-electron chi connectivity index (χ1n) is 8.71. The molecular formula is C18H27N3O3. The van der Waals surface area contributed by atoms with E-state index in [-0.39, 0.29) is 18.7 Å². The van der Waals surface area contributed by atoms with E-state index in [9.17, 15) is 9.59 Å². The summed E-state index contributed by atoms with van der Waals surface area (Å²) < 4.78 is 4.92. The maximum Gasteiger partial charge on any atom is 0.408 e. The summed E-state index contributed by atoms with van der Waals surface area (Å²) >= 11 is 0. The molecule has 0 saturated heterocycles. The average molecular weight is 333 g/mol. The zero-order chi connectivity index (χ0) is 17.2. The smallest absolute Gasteiger partial charge is 0.408 e. The number of hydrogen-bond donors (Lipinski definition) is 3. The van der Waals surface area contributed by atoms with Crippen molar-refractivity contribution in [2.75, 3.05) is 6.61 Å². The van der Waals surface area contributed by atoms with Gasteiger partial charge in [-0.1, -0.05) is 49.6 Å².